The van der Waals surface area contributed by atoms with Crippen molar-refractivity contribution >= 4 is 23.2 Å². The van der Waals surface area contributed by atoms with Crippen molar-refractivity contribution in [3.8, 4) is 0 Å². The molecule has 0 saturated carbocycles. The van der Waals surface area contributed by atoms with E-state index in [1.807, 2.05) is 0 Å². The topological polar surface area (TPSA) is 38.3 Å². The summed E-state index contributed by atoms with van der Waals surface area (Å²) in [5.74, 6) is -28.7. The molecule has 0 unspecified atom stereocenters. The largest absolute Gasteiger partial charge is 0.428 e. The van der Waals surface area contributed by atoms with Gasteiger partial charge in [-0.05, 0) is 24.6 Å². The lowest BCUT2D eigenvalue weighted by Gasteiger charge is -2.31. The van der Waals surface area contributed by atoms with E-state index >= 15 is 0 Å². The van der Waals surface area contributed by atoms with E-state index in [4.69, 9.17) is 11.6 Å². The lowest BCUT2D eigenvalue weighted by Crippen LogP contribution is -2.63. The van der Waals surface area contributed by atoms with Crippen molar-refractivity contribution in [3.63, 3.8) is 0 Å². The third-order valence-electron chi connectivity index (χ3n) is 3.57. The highest BCUT2D eigenvalue weighted by molar-refractivity contribution is 6.31. The second kappa shape index (κ2) is 5.65. The van der Waals surface area contributed by atoms with Gasteiger partial charge in [0, 0.05) is 10.7 Å². The van der Waals surface area contributed by atoms with Crippen LogP contribution >= 0.6 is 11.6 Å². The van der Waals surface area contributed by atoms with Crippen molar-refractivity contribution in [2.45, 2.75) is 36.7 Å². The Labute approximate surface area is 144 Å². The van der Waals surface area contributed by atoms with E-state index in [1.165, 1.54) is 24.4 Å². The Kier molecular flexibility index (Phi) is 4.48. The minimum absolute atomic E-state index is 0.0428. The number of nitrogens with one attached hydrogen (secondary N) is 1. The fourth-order valence-corrected chi connectivity index (χ4v) is 2.20. The second-order valence-corrected chi connectivity index (χ2v) is 5.79. The van der Waals surface area contributed by atoms with Gasteiger partial charge in [0.1, 0.15) is 0 Å². The molecule has 1 saturated heterocycles. The zero-order valence-electron chi connectivity index (χ0n) is 12.3. The summed E-state index contributed by atoms with van der Waals surface area (Å²) in [7, 11) is 0. The lowest BCUT2D eigenvalue weighted by atomic mass is 9.99. The first kappa shape index (κ1) is 20.6. The van der Waals surface area contributed by atoms with Crippen LogP contribution in [-0.4, -0.2) is 35.6 Å². The zero-order valence-corrected chi connectivity index (χ0v) is 13.1. The summed E-state index contributed by atoms with van der Waals surface area (Å²) in [6.45, 7) is 1.23. The molecule has 3 nitrogen and oxygen atoms in total. The minimum Gasteiger partial charge on any atom is -0.320 e. The molecule has 1 aliphatic heterocycles. The molecular formula is C13H7ClF9NO2. The standard InChI is InChI=1S/C13H7ClF9NO2/c1-5-2-3-6(14)4-7(5)24-8(25)9(15,16)12(21)10(17,18)11(19,20)13(22,23)26-12/h2-4H,1H3,(H,24,25)/t12-/m0/s1. The highest BCUT2D eigenvalue weighted by atomic mass is 35.5. The Balaban J connectivity index is 2.45. The normalized spacial score (nSPS) is 26.6. The van der Waals surface area contributed by atoms with E-state index in [1.54, 1.807) is 0 Å². The molecule has 0 spiro atoms. The monoisotopic (exact) mass is 415 g/mol. The third-order valence-corrected chi connectivity index (χ3v) is 3.80. The quantitative estimate of drug-likeness (QED) is 0.722. The van der Waals surface area contributed by atoms with Crippen molar-refractivity contribution < 1.29 is 49.0 Å². The molecule has 1 aliphatic rings. The van der Waals surface area contributed by atoms with E-state index in [0.717, 1.165) is 6.07 Å². The summed E-state index contributed by atoms with van der Waals surface area (Å²) in [5, 5.41) is 1.15. The average molecular weight is 416 g/mol. The molecule has 13 heteroatoms. The number of ether oxygens (including phenoxy) is 1. The molecule has 1 amide bonds. The number of benzene rings is 1. The summed E-state index contributed by atoms with van der Waals surface area (Å²) in [6, 6.07) is 3.29. The van der Waals surface area contributed by atoms with Crippen LogP contribution in [0.25, 0.3) is 0 Å². The van der Waals surface area contributed by atoms with Crippen LogP contribution < -0.4 is 5.32 Å². The van der Waals surface area contributed by atoms with Crippen molar-refractivity contribution in [1.29, 1.82) is 0 Å². The average Bonchev–Trinajstić information content (AvgIpc) is 2.58. The number of carbonyl (C=O) groups excluding carboxylic acids is 1. The number of anilines is 1. The molecule has 26 heavy (non-hydrogen) atoms. The third kappa shape index (κ3) is 2.53. The van der Waals surface area contributed by atoms with Gasteiger partial charge < -0.3 is 5.32 Å². The van der Waals surface area contributed by atoms with Gasteiger partial charge in [0.25, 0.3) is 0 Å². The molecular weight excluding hydrogens is 409 g/mol. The highest BCUT2D eigenvalue weighted by Crippen LogP contribution is 2.64. The number of rotatable bonds is 3. The molecule has 1 heterocycles. The fourth-order valence-electron chi connectivity index (χ4n) is 2.03. The SMILES string of the molecule is Cc1ccc(Cl)cc1NC(=O)C(F)(F)[C@]1(F)OC(F)(F)C(F)(F)C1(F)F. The van der Waals surface area contributed by atoms with Crippen molar-refractivity contribution in [3.05, 3.63) is 28.8 Å². The number of carbonyl (C=O) groups is 1. The molecule has 0 bridgehead atoms. The Morgan fingerprint density at radius 2 is 1.62 bits per heavy atom. The number of halogens is 10. The number of hydrogen-bond acceptors (Lipinski definition) is 2. The Bertz CT molecular complexity index is 755. The Morgan fingerprint density at radius 3 is 2.08 bits per heavy atom. The predicted molar refractivity (Wildman–Crippen MR) is 69.5 cm³/mol. The van der Waals surface area contributed by atoms with E-state index in [-0.39, 0.29) is 10.6 Å². The van der Waals surface area contributed by atoms with Crippen LogP contribution in [0.4, 0.5) is 45.2 Å². The molecule has 0 aromatic heterocycles. The first-order chi connectivity index (χ1) is 11.5. The molecule has 1 aromatic rings. The molecule has 1 aromatic carbocycles. The van der Waals surface area contributed by atoms with Crippen LogP contribution in [0.15, 0.2) is 18.2 Å². The van der Waals surface area contributed by atoms with Crippen LogP contribution in [0, 0.1) is 6.92 Å². The highest BCUT2D eigenvalue weighted by Gasteiger charge is 2.96. The summed E-state index contributed by atoms with van der Waals surface area (Å²) in [4.78, 5) is 11.6. The summed E-state index contributed by atoms with van der Waals surface area (Å²) in [5.41, 5.74) is -0.480. The van der Waals surface area contributed by atoms with Gasteiger partial charge in [0.2, 0.25) is 0 Å². The maximum Gasteiger partial charge on any atom is 0.428 e. The van der Waals surface area contributed by atoms with Crippen molar-refractivity contribution in [2.75, 3.05) is 5.32 Å². The van der Waals surface area contributed by atoms with Gasteiger partial charge in [-0.2, -0.15) is 39.5 Å². The van der Waals surface area contributed by atoms with Gasteiger partial charge in [0.05, 0.1) is 0 Å². The summed E-state index contributed by atoms with van der Waals surface area (Å²) in [6.07, 6.45) is -6.29. The van der Waals surface area contributed by atoms with Gasteiger partial charge in [-0.15, -0.1) is 0 Å². The summed E-state index contributed by atoms with van der Waals surface area (Å²) >= 11 is 5.53. The first-order valence-electron chi connectivity index (χ1n) is 6.49. The van der Waals surface area contributed by atoms with E-state index in [9.17, 15) is 44.3 Å². The molecule has 0 aliphatic carbocycles. The van der Waals surface area contributed by atoms with Crippen molar-refractivity contribution in [1.82, 2.24) is 0 Å². The van der Waals surface area contributed by atoms with E-state index < -0.39 is 41.3 Å². The van der Waals surface area contributed by atoms with E-state index in [2.05, 4.69) is 4.74 Å². The van der Waals surface area contributed by atoms with Crippen LogP contribution in [-0.2, 0) is 9.53 Å². The molecule has 1 fully saturated rings. The smallest absolute Gasteiger partial charge is 0.320 e. The van der Waals surface area contributed by atoms with Gasteiger partial charge in [-0.1, -0.05) is 17.7 Å². The van der Waals surface area contributed by atoms with Gasteiger partial charge >= 0.3 is 35.6 Å². The van der Waals surface area contributed by atoms with Gasteiger partial charge in [0.15, 0.2) is 0 Å². The maximum absolute atomic E-state index is 14.0. The zero-order chi connectivity index (χ0) is 20.3. The van der Waals surface area contributed by atoms with Gasteiger partial charge in [-0.3, -0.25) is 9.53 Å². The molecule has 146 valence electrons. The number of aryl methyl sites for hydroxylation is 1. The molecule has 1 N–H and O–H groups in total. The predicted octanol–water partition coefficient (Wildman–Crippen LogP) is 4.78. The second-order valence-electron chi connectivity index (χ2n) is 5.35. The first-order valence-corrected chi connectivity index (χ1v) is 6.87. The molecule has 1 atom stereocenters. The lowest BCUT2D eigenvalue weighted by molar-refractivity contribution is -0.366. The van der Waals surface area contributed by atoms with Crippen molar-refractivity contribution in [2.24, 2.45) is 0 Å². The van der Waals surface area contributed by atoms with E-state index in [0.29, 0.717) is 0 Å². The van der Waals surface area contributed by atoms with Crippen LogP contribution in [0.2, 0.25) is 5.02 Å². The molecule has 2 rings (SSSR count). The van der Waals surface area contributed by atoms with Gasteiger partial charge in [-0.25, -0.2) is 0 Å². The minimum atomic E-state index is -6.73. The van der Waals surface area contributed by atoms with Crippen LogP contribution in [0.5, 0.6) is 0 Å². The number of hydrogen-bond donors (Lipinski definition) is 1. The Hall–Kier alpha value is -1.69. The van der Waals surface area contributed by atoms with Crippen LogP contribution in [0.3, 0.4) is 0 Å². The number of alkyl halides is 9. The van der Waals surface area contributed by atoms with Crippen LogP contribution in [0.1, 0.15) is 5.56 Å². The fraction of sp³-hybridized carbons (Fsp3) is 0.462. The Morgan fingerprint density at radius 1 is 1.08 bits per heavy atom. The summed E-state index contributed by atoms with van der Waals surface area (Å²) < 4.78 is 123. The maximum atomic E-state index is 14.0. The molecule has 0 radical (unpaired) electrons. The number of amides is 1.